The molecule has 7 nitrogen and oxygen atoms in total. The van der Waals surface area contributed by atoms with Gasteiger partial charge in [0.25, 0.3) is 0 Å². The van der Waals surface area contributed by atoms with Gasteiger partial charge in [0.2, 0.25) is 5.91 Å². The van der Waals surface area contributed by atoms with Crippen molar-refractivity contribution >= 4 is 29.5 Å². The van der Waals surface area contributed by atoms with Gasteiger partial charge in [0.05, 0.1) is 23.8 Å². The van der Waals surface area contributed by atoms with Gasteiger partial charge >= 0.3 is 5.97 Å². The Morgan fingerprint density at radius 2 is 2.19 bits per heavy atom. The zero-order valence-corrected chi connectivity index (χ0v) is 13.0. The molecule has 0 saturated carbocycles. The Balaban J connectivity index is 2.15. The summed E-state index contributed by atoms with van der Waals surface area (Å²) in [6, 6.07) is -0.264. The first-order chi connectivity index (χ1) is 9.75. The minimum Gasteiger partial charge on any atom is -0.477 e. The molecule has 2 heterocycles. The number of hydrogen-bond acceptors (Lipinski definition) is 5. The highest BCUT2D eigenvalue weighted by atomic mass is 32.2. The number of carbonyl (C=O) groups is 2. The van der Waals surface area contributed by atoms with Crippen LogP contribution >= 0.6 is 11.8 Å². The van der Waals surface area contributed by atoms with E-state index in [1.807, 2.05) is 0 Å². The zero-order valence-electron chi connectivity index (χ0n) is 12.2. The molecule has 2 aliphatic rings. The summed E-state index contributed by atoms with van der Waals surface area (Å²) >= 11 is 1.28. The number of carbonyl (C=O) groups excluding carboxylic acids is 1. The highest BCUT2D eigenvalue weighted by Crippen LogP contribution is 2.46. The van der Waals surface area contributed by atoms with Crippen LogP contribution in [-0.4, -0.2) is 69.7 Å². The Morgan fingerprint density at radius 1 is 1.57 bits per heavy atom. The quantitative estimate of drug-likeness (QED) is 0.379. The largest absolute Gasteiger partial charge is 0.477 e. The lowest BCUT2D eigenvalue weighted by Gasteiger charge is -2.44. The molecule has 116 valence electrons. The second kappa shape index (κ2) is 5.69. The van der Waals surface area contributed by atoms with E-state index in [-0.39, 0.29) is 17.6 Å². The number of aliphatic hydroxyl groups excluding tert-OH is 1. The summed E-state index contributed by atoms with van der Waals surface area (Å²) in [4.78, 5) is 27.0. The lowest BCUT2D eigenvalue weighted by Crippen LogP contribution is -2.61. The first-order valence-electron chi connectivity index (χ1n) is 6.60. The number of aliphatic hydroxyl groups is 1. The van der Waals surface area contributed by atoms with Gasteiger partial charge in [0, 0.05) is 25.4 Å². The Morgan fingerprint density at radius 3 is 2.67 bits per heavy atom. The van der Waals surface area contributed by atoms with Gasteiger partial charge in [0.1, 0.15) is 11.5 Å². The van der Waals surface area contributed by atoms with E-state index in [0.29, 0.717) is 22.9 Å². The number of hydrogen-bond donors (Lipinski definition) is 3. The van der Waals surface area contributed by atoms with Gasteiger partial charge in [-0.05, 0) is 6.92 Å². The number of aliphatic carboxylic acids is 1. The molecule has 0 aromatic rings. The molecule has 3 atom stereocenters. The normalized spacial score (nSPS) is 25.5. The van der Waals surface area contributed by atoms with Gasteiger partial charge in [0.15, 0.2) is 0 Å². The van der Waals surface area contributed by atoms with Crippen molar-refractivity contribution in [2.24, 2.45) is 5.92 Å². The van der Waals surface area contributed by atoms with Gasteiger partial charge in [-0.1, -0.05) is 0 Å². The maximum Gasteiger partial charge on any atom is 0.353 e. The van der Waals surface area contributed by atoms with Crippen molar-refractivity contribution in [1.29, 1.82) is 5.41 Å². The number of carboxylic acid groups (broad SMARTS) is 1. The van der Waals surface area contributed by atoms with Crippen LogP contribution in [0.5, 0.6) is 0 Å². The van der Waals surface area contributed by atoms with Gasteiger partial charge < -0.3 is 20.0 Å². The van der Waals surface area contributed by atoms with Crippen molar-refractivity contribution in [1.82, 2.24) is 9.80 Å². The van der Waals surface area contributed by atoms with Crippen molar-refractivity contribution in [2.45, 2.75) is 25.5 Å². The topological polar surface area (TPSA) is 105 Å². The number of thioether (sulfide) groups is 1. The molecule has 0 unspecified atom stereocenters. The minimum atomic E-state index is -1.13. The molecule has 2 aliphatic heterocycles. The van der Waals surface area contributed by atoms with Crippen molar-refractivity contribution < 1.29 is 19.8 Å². The third kappa shape index (κ3) is 2.65. The molecular formula is C13H19N3O4S. The standard InChI is InChI=1S/C13H19N3O4S/c1-6(17)10-7-4-8(21-5-9(14)15(2)3)11(13(19)20)16(7)12(10)18/h6-7,10,14,17H,4-5H2,1-3H3,(H,19,20)/t6-,7-,10-/m1/s1. The Bertz CT molecular complexity index is 530. The first-order valence-corrected chi connectivity index (χ1v) is 7.59. The van der Waals surface area contributed by atoms with Crippen LogP contribution in [0.3, 0.4) is 0 Å². The summed E-state index contributed by atoms with van der Waals surface area (Å²) in [5.41, 5.74) is 0.0125. The van der Waals surface area contributed by atoms with Crippen molar-refractivity contribution in [3.63, 3.8) is 0 Å². The number of fused-ring (bicyclic) bond motifs is 1. The van der Waals surface area contributed by atoms with Crippen LogP contribution in [0, 0.1) is 11.3 Å². The Labute approximate surface area is 127 Å². The summed E-state index contributed by atoms with van der Waals surface area (Å²) in [7, 11) is 3.51. The van der Waals surface area contributed by atoms with E-state index in [9.17, 15) is 19.8 Å². The molecule has 0 radical (unpaired) electrons. The van der Waals surface area contributed by atoms with E-state index in [1.165, 1.54) is 16.7 Å². The third-order valence-electron chi connectivity index (χ3n) is 3.81. The van der Waals surface area contributed by atoms with E-state index < -0.39 is 18.0 Å². The highest BCUT2D eigenvalue weighted by molar-refractivity contribution is 8.03. The SMILES string of the molecule is C[C@@H](O)[C@H]1C(=O)N2C(C(=O)O)=C(SCC(=N)N(C)C)C[C@H]12. The number of rotatable bonds is 5. The predicted octanol–water partition coefficient (Wildman–Crippen LogP) is 0.166. The number of nitrogens with zero attached hydrogens (tertiary/aromatic N) is 2. The van der Waals surface area contributed by atoms with E-state index >= 15 is 0 Å². The zero-order chi connectivity index (χ0) is 15.9. The number of amides is 1. The lowest BCUT2D eigenvalue weighted by atomic mass is 9.83. The van der Waals surface area contributed by atoms with E-state index in [4.69, 9.17) is 5.41 Å². The summed E-state index contributed by atoms with van der Waals surface area (Å²) in [5, 5.41) is 26.7. The smallest absolute Gasteiger partial charge is 0.353 e. The molecule has 8 heteroatoms. The number of nitrogens with one attached hydrogen (secondary N) is 1. The minimum absolute atomic E-state index is 0.0125. The Hall–Kier alpha value is -1.54. The first kappa shape index (κ1) is 15.8. The fraction of sp³-hybridized carbons (Fsp3) is 0.615. The predicted molar refractivity (Wildman–Crippen MR) is 79.0 cm³/mol. The lowest BCUT2D eigenvalue weighted by molar-refractivity contribution is -0.161. The van der Waals surface area contributed by atoms with E-state index in [1.54, 1.807) is 25.9 Å². The van der Waals surface area contributed by atoms with Crippen LogP contribution in [0.25, 0.3) is 0 Å². The molecule has 0 bridgehead atoms. The van der Waals surface area contributed by atoms with Gasteiger partial charge in [-0.15, -0.1) is 11.8 Å². The van der Waals surface area contributed by atoms with Gasteiger partial charge in [-0.3, -0.25) is 10.2 Å². The average molecular weight is 313 g/mol. The molecule has 1 fully saturated rings. The van der Waals surface area contributed by atoms with Crippen molar-refractivity contribution in [3.05, 3.63) is 10.6 Å². The van der Waals surface area contributed by atoms with E-state index in [2.05, 4.69) is 0 Å². The van der Waals surface area contributed by atoms with Crippen LogP contribution in [0.1, 0.15) is 13.3 Å². The number of β-lactam (4-membered cyclic amide) rings is 1. The second-order valence-electron chi connectivity index (χ2n) is 5.45. The molecule has 0 aliphatic carbocycles. The van der Waals surface area contributed by atoms with Gasteiger partial charge in [-0.2, -0.15) is 0 Å². The maximum absolute atomic E-state index is 12.0. The van der Waals surface area contributed by atoms with E-state index in [0.717, 1.165) is 0 Å². The number of carboxylic acids is 1. The molecule has 1 amide bonds. The summed E-state index contributed by atoms with van der Waals surface area (Å²) in [6.45, 7) is 1.55. The van der Waals surface area contributed by atoms with Gasteiger partial charge in [-0.25, -0.2) is 4.79 Å². The molecule has 2 rings (SSSR count). The summed E-state index contributed by atoms with van der Waals surface area (Å²) in [5.74, 6) is -1.25. The second-order valence-corrected chi connectivity index (χ2v) is 6.52. The average Bonchev–Trinajstić information content (AvgIpc) is 2.69. The van der Waals surface area contributed by atoms with Crippen LogP contribution in [0.4, 0.5) is 0 Å². The molecule has 0 aromatic heterocycles. The fourth-order valence-corrected chi connectivity index (χ4v) is 3.82. The van der Waals surface area contributed by atoms with Crippen LogP contribution in [0.2, 0.25) is 0 Å². The molecular weight excluding hydrogens is 294 g/mol. The molecule has 3 N–H and O–H groups in total. The molecule has 21 heavy (non-hydrogen) atoms. The van der Waals surface area contributed by atoms with Crippen LogP contribution in [-0.2, 0) is 9.59 Å². The van der Waals surface area contributed by atoms with Crippen molar-refractivity contribution in [2.75, 3.05) is 19.8 Å². The maximum atomic E-state index is 12.0. The monoisotopic (exact) mass is 313 g/mol. The molecule has 1 saturated heterocycles. The van der Waals surface area contributed by atoms with Crippen LogP contribution in [0.15, 0.2) is 10.6 Å². The summed E-state index contributed by atoms with van der Waals surface area (Å²) < 4.78 is 0. The van der Waals surface area contributed by atoms with Crippen molar-refractivity contribution in [3.8, 4) is 0 Å². The van der Waals surface area contributed by atoms with Crippen LogP contribution < -0.4 is 0 Å². The fourth-order valence-electron chi connectivity index (χ4n) is 2.64. The third-order valence-corrected chi connectivity index (χ3v) is 4.94. The summed E-state index contributed by atoms with van der Waals surface area (Å²) in [6.07, 6.45) is -0.341. The molecule has 0 spiro atoms. The highest BCUT2D eigenvalue weighted by Gasteiger charge is 2.56. The molecule has 0 aromatic carbocycles. The number of amidine groups is 1. The Kier molecular flexibility index (Phi) is 4.29.